The summed E-state index contributed by atoms with van der Waals surface area (Å²) in [6.45, 7) is 4.99. The number of amides is 1. The van der Waals surface area contributed by atoms with Crippen LogP contribution < -0.4 is 5.32 Å². The minimum Gasteiger partial charge on any atom is -0.330 e. The first-order valence-electron chi connectivity index (χ1n) is 9.52. The number of hydrogen-bond acceptors (Lipinski definition) is 4. The summed E-state index contributed by atoms with van der Waals surface area (Å²) in [6.07, 6.45) is 3.81. The van der Waals surface area contributed by atoms with Crippen molar-refractivity contribution in [1.82, 2.24) is 9.55 Å². The van der Waals surface area contributed by atoms with E-state index in [2.05, 4.69) is 40.9 Å². The molecule has 3 aromatic rings. The largest absolute Gasteiger partial charge is 0.330 e. The number of thioether (sulfide) groups is 1. The van der Waals surface area contributed by atoms with E-state index in [1.165, 1.54) is 0 Å². The van der Waals surface area contributed by atoms with Crippen LogP contribution in [0.15, 0.2) is 60.9 Å². The molecule has 0 radical (unpaired) electrons. The Morgan fingerprint density at radius 2 is 2.00 bits per heavy atom. The van der Waals surface area contributed by atoms with E-state index in [9.17, 15) is 4.79 Å². The van der Waals surface area contributed by atoms with Crippen molar-refractivity contribution in [3.05, 3.63) is 83.4 Å². The number of rotatable bonds is 8. The van der Waals surface area contributed by atoms with Gasteiger partial charge in [-0.1, -0.05) is 38.1 Å². The van der Waals surface area contributed by atoms with Crippen LogP contribution in [0.25, 0.3) is 0 Å². The summed E-state index contributed by atoms with van der Waals surface area (Å²) in [5.41, 5.74) is 3.67. The lowest BCUT2D eigenvalue weighted by Crippen LogP contribution is -2.14. The monoisotopic (exact) mass is 404 g/mol. The molecule has 0 fully saturated rings. The fourth-order valence-electron chi connectivity index (χ4n) is 3.03. The van der Waals surface area contributed by atoms with Gasteiger partial charge in [-0.2, -0.15) is 5.26 Å². The van der Waals surface area contributed by atoms with Gasteiger partial charge in [-0.25, -0.2) is 4.98 Å². The maximum atomic E-state index is 12.3. The minimum atomic E-state index is -0.0219. The topological polar surface area (TPSA) is 70.7 Å². The number of hydrogen-bond donors (Lipinski definition) is 1. The normalized spacial score (nSPS) is 10.7. The van der Waals surface area contributed by atoms with E-state index < -0.39 is 0 Å². The van der Waals surface area contributed by atoms with Gasteiger partial charge in [-0.3, -0.25) is 4.79 Å². The third-order valence-corrected chi connectivity index (χ3v) is 5.42. The smallest absolute Gasteiger partial charge is 0.234 e. The molecule has 0 atom stereocenters. The molecule has 0 spiro atoms. The second kappa shape index (κ2) is 9.94. The zero-order valence-electron chi connectivity index (χ0n) is 16.6. The molecule has 1 heterocycles. The van der Waals surface area contributed by atoms with Crippen molar-refractivity contribution in [3.8, 4) is 6.07 Å². The number of benzene rings is 2. The number of aromatic nitrogens is 2. The molecule has 0 bridgehead atoms. The van der Waals surface area contributed by atoms with Gasteiger partial charge in [0.25, 0.3) is 0 Å². The van der Waals surface area contributed by atoms with Crippen LogP contribution in [-0.4, -0.2) is 21.2 Å². The molecule has 1 amide bonds. The van der Waals surface area contributed by atoms with Gasteiger partial charge in [0.2, 0.25) is 5.91 Å². The Kier molecular flexibility index (Phi) is 7.09. The summed E-state index contributed by atoms with van der Waals surface area (Å²) in [5.74, 6) is 2.51. The van der Waals surface area contributed by atoms with Crippen molar-refractivity contribution < 1.29 is 4.79 Å². The highest BCUT2D eigenvalue weighted by Gasteiger charge is 2.08. The Balaban J connectivity index is 1.52. The third kappa shape index (κ3) is 5.97. The van der Waals surface area contributed by atoms with Crippen molar-refractivity contribution in [3.63, 3.8) is 0 Å². The van der Waals surface area contributed by atoms with Crippen LogP contribution in [0, 0.1) is 11.3 Å². The van der Waals surface area contributed by atoms with Gasteiger partial charge in [-0.15, -0.1) is 11.8 Å². The Hall–Kier alpha value is -3.04. The van der Waals surface area contributed by atoms with Crippen LogP contribution in [0.5, 0.6) is 0 Å². The van der Waals surface area contributed by atoms with Crippen LogP contribution in [0.1, 0.15) is 42.3 Å². The molecule has 148 valence electrons. The molecule has 0 aliphatic heterocycles. The van der Waals surface area contributed by atoms with Gasteiger partial charge in [0.15, 0.2) is 0 Å². The van der Waals surface area contributed by atoms with Gasteiger partial charge in [0, 0.05) is 36.3 Å². The summed E-state index contributed by atoms with van der Waals surface area (Å²) in [4.78, 5) is 16.7. The maximum Gasteiger partial charge on any atom is 0.234 e. The summed E-state index contributed by atoms with van der Waals surface area (Å²) in [7, 11) is 0. The number of carbonyl (C=O) groups excluding carboxylic acids is 1. The molecule has 0 saturated heterocycles. The highest BCUT2D eigenvalue weighted by atomic mass is 32.2. The highest BCUT2D eigenvalue weighted by molar-refractivity contribution is 7.99. The first kappa shape index (κ1) is 20.7. The fourth-order valence-corrected chi connectivity index (χ4v) is 3.82. The van der Waals surface area contributed by atoms with E-state index in [-0.39, 0.29) is 5.91 Å². The number of anilines is 1. The van der Waals surface area contributed by atoms with Crippen LogP contribution in [0.3, 0.4) is 0 Å². The Labute approximate surface area is 175 Å². The van der Waals surface area contributed by atoms with Crippen molar-refractivity contribution in [2.45, 2.75) is 32.1 Å². The molecule has 0 aliphatic rings. The van der Waals surface area contributed by atoms with Gasteiger partial charge in [0.1, 0.15) is 5.82 Å². The van der Waals surface area contributed by atoms with E-state index in [4.69, 9.17) is 5.26 Å². The predicted octanol–water partition coefficient (Wildman–Crippen LogP) is 4.80. The summed E-state index contributed by atoms with van der Waals surface area (Å²) in [6, 6.07) is 17.5. The van der Waals surface area contributed by atoms with Crippen molar-refractivity contribution in [2.24, 2.45) is 0 Å². The zero-order valence-corrected chi connectivity index (χ0v) is 17.4. The van der Waals surface area contributed by atoms with E-state index in [0.29, 0.717) is 17.2 Å². The molecule has 1 aromatic heterocycles. The third-order valence-electron chi connectivity index (χ3n) is 4.41. The number of imidazole rings is 1. The second-order valence-electron chi connectivity index (χ2n) is 7.12. The molecule has 3 rings (SSSR count). The van der Waals surface area contributed by atoms with Gasteiger partial charge in [0.05, 0.1) is 17.4 Å². The quantitative estimate of drug-likeness (QED) is 0.585. The second-order valence-corrected chi connectivity index (χ2v) is 8.10. The Bertz CT molecular complexity index is 1000. The van der Waals surface area contributed by atoms with Crippen LogP contribution >= 0.6 is 11.8 Å². The van der Waals surface area contributed by atoms with Gasteiger partial charge >= 0.3 is 0 Å². The maximum absolute atomic E-state index is 12.3. The fraction of sp³-hybridized carbons (Fsp3) is 0.261. The van der Waals surface area contributed by atoms with Crippen molar-refractivity contribution in [1.29, 1.82) is 5.26 Å². The lowest BCUT2D eigenvalue weighted by atomic mass is 10.1. The van der Waals surface area contributed by atoms with E-state index in [1.54, 1.807) is 23.9 Å². The first-order chi connectivity index (χ1) is 14.0. The number of nitriles is 1. The average molecular weight is 405 g/mol. The molecule has 5 nitrogen and oxygen atoms in total. The van der Waals surface area contributed by atoms with E-state index in [1.807, 2.05) is 42.7 Å². The summed E-state index contributed by atoms with van der Waals surface area (Å²) >= 11 is 1.55. The highest BCUT2D eigenvalue weighted by Crippen LogP contribution is 2.17. The summed E-state index contributed by atoms with van der Waals surface area (Å²) in [5, 5.41) is 11.8. The lowest BCUT2D eigenvalue weighted by Gasteiger charge is -2.12. The Morgan fingerprint density at radius 3 is 2.72 bits per heavy atom. The molecule has 29 heavy (non-hydrogen) atoms. The molecule has 2 aromatic carbocycles. The van der Waals surface area contributed by atoms with Crippen LogP contribution in [0.2, 0.25) is 0 Å². The van der Waals surface area contributed by atoms with E-state index in [0.717, 1.165) is 34.9 Å². The van der Waals surface area contributed by atoms with Crippen LogP contribution in [0.4, 0.5) is 5.69 Å². The minimum absolute atomic E-state index is 0.0219. The number of nitrogens with zero attached hydrogens (tertiary/aromatic N) is 3. The van der Waals surface area contributed by atoms with Gasteiger partial charge < -0.3 is 9.88 Å². The molecule has 0 saturated carbocycles. The molecular weight excluding hydrogens is 380 g/mol. The summed E-state index contributed by atoms with van der Waals surface area (Å²) < 4.78 is 2.14. The number of carbonyl (C=O) groups is 1. The van der Waals surface area contributed by atoms with Crippen LogP contribution in [-0.2, 0) is 17.1 Å². The molecule has 0 unspecified atom stereocenters. The van der Waals surface area contributed by atoms with Crippen molar-refractivity contribution >= 4 is 23.4 Å². The lowest BCUT2D eigenvalue weighted by molar-refractivity contribution is -0.113. The number of nitrogens with one attached hydrogen (secondary N) is 1. The Morgan fingerprint density at radius 1 is 1.21 bits per heavy atom. The SMILES string of the molecule is CC(C)c1nccn1Cc1cccc(NC(=O)CSCc2ccc(C#N)cc2)c1. The predicted molar refractivity (Wildman–Crippen MR) is 118 cm³/mol. The standard InChI is InChI=1S/C23H24N4OS/c1-17(2)23-25-10-11-27(23)14-20-4-3-5-21(12-20)26-22(28)16-29-15-19-8-6-18(13-24)7-9-19/h3-12,17H,14-16H2,1-2H3,(H,26,28). The van der Waals surface area contributed by atoms with Crippen molar-refractivity contribution in [2.75, 3.05) is 11.1 Å². The molecule has 6 heteroatoms. The van der Waals surface area contributed by atoms with E-state index >= 15 is 0 Å². The molecule has 0 aliphatic carbocycles. The zero-order chi connectivity index (χ0) is 20.6. The molecule has 1 N–H and O–H groups in total. The first-order valence-corrected chi connectivity index (χ1v) is 10.7. The molecular formula is C23H24N4OS. The van der Waals surface area contributed by atoms with Gasteiger partial charge in [-0.05, 0) is 35.4 Å². The average Bonchev–Trinajstić information content (AvgIpc) is 3.17.